The van der Waals surface area contributed by atoms with Crippen LogP contribution in [0.25, 0.3) is 0 Å². The van der Waals surface area contributed by atoms with Crippen LogP contribution < -0.4 is 9.64 Å². The molecular weight excluding hydrogens is 421 g/mol. The van der Waals surface area contributed by atoms with Gasteiger partial charge < -0.3 is 9.64 Å². The van der Waals surface area contributed by atoms with Crippen molar-refractivity contribution < 1.29 is 4.74 Å². The largest absolute Gasteiger partial charge is 0.497 e. The van der Waals surface area contributed by atoms with Crippen molar-refractivity contribution in [3.63, 3.8) is 0 Å². The molecule has 0 radical (unpaired) electrons. The maximum Gasteiger partial charge on any atom is 0.119 e. The molecule has 126 valence electrons. The number of fused-ring (bicyclic) bond motifs is 1. The molecule has 0 bridgehead atoms. The number of benzene rings is 3. The van der Waals surface area contributed by atoms with E-state index in [1.54, 1.807) is 7.11 Å². The fraction of sp³-hybridized carbons (Fsp3) is 0.182. The van der Waals surface area contributed by atoms with Crippen LogP contribution in [0.15, 0.2) is 72.8 Å². The summed E-state index contributed by atoms with van der Waals surface area (Å²) in [6.07, 6.45) is 1.03. The molecule has 1 heterocycles. The molecule has 0 amide bonds. The van der Waals surface area contributed by atoms with Crippen LogP contribution in [0.1, 0.15) is 22.7 Å². The van der Waals surface area contributed by atoms with Gasteiger partial charge in [-0.25, -0.2) is 0 Å². The quantitative estimate of drug-likeness (QED) is 0.501. The first-order valence-corrected chi connectivity index (χ1v) is 9.58. The topological polar surface area (TPSA) is 12.5 Å². The minimum Gasteiger partial charge on any atom is -0.497 e. The lowest BCUT2D eigenvalue weighted by Crippen LogP contribution is -2.36. The minimum atomic E-state index is 0.231. The van der Waals surface area contributed by atoms with E-state index in [2.05, 4.69) is 100 Å². The van der Waals surface area contributed by atoms with E-state index in [9.17, 15) is 0 Å². The van der Waals surface area contributed by atoms with Crippen LogP contribution in [-0.4, -0.2) is 13.7 Å². The molecule has 4 rings (SSSR count). The van der Waals surface area contributed by atoms with E-state index in [0.717, 1.165) is 18.7 Å². The second kappa shape index (κ2) is 7.08. The summed E-state index contributed by atoms with van der Waals surface area (Å²) in [7, 11) is 1.73. The van der Waals surface area contributed by atoms with Crippen molar-refractivity contribution in [3.8, 4) is 5.75 Å². The van der Waals surface area contributed by atoms with Crippen LogP contribution in [0.3, 0.4) is 0 Å². The molecule has 1 aliphatic heterocycles. The zero-order chi connectivity index (χ0) is 17.2. The van der Waals surface area contributed by atoms with Crippen LogP contribution in [0.5, 0.6) is 5.75 Å². The van der Waals surface area contributed by atoms with Crippen LogP contribution >= 0.6 is 22.6 Å². The van der Waals surface area contributed by atoms with Gasteiger partial charge in [0.05, 0.1) is 13.2 Å². The predicted molar refractivity (Wildman–Crippen MR) is 111 cm³/mol. The van der Waals surface area contributed by atoms with Gasteiger partial charge in [0, 0.05) is 15.8 Å². The average molecular weight is 441 g/mol. The molecule has 0 aromatic heterocycles. The maximum absolute atomic E-state index is 5.43. The van der Waals surface area contributed by atoms with Crippen molar-refractivity contribution in [2.75, 3.05) is 18.6 Å². The SMILES string of the molecule is COc1ccc2c(c1)CCN(c1ccccc1)C2c1ccc(I)cc1. The first-order valence-electron chi connectivity index (χ1n) is 8.50. The van der Waals surface area contributed by atoms with E-state index >= 15 is 0 Å². The summed E-state index contributed by atoms with van der Waals surface area (Å²) in [5.74, 6) is 0.938. The third-order valence-corrected chi connectivity index (χ3v) is 5.57. The normalized spacial score (nSPS) is 16.4. The van der Waals surface area contributed by atoms with E-state index < -0.39 is 0 Å². The van der Waals surface area contributed by atoms with Crippen LogP contribution in [-0.2, 0) is 6.42 Å². The third kappa shape index (κ3) is 3.25. The first kappa shape index (κ1) is 16.5. The lowest BCUT2D eigenvalue weighted by atomic mass is 9.87. The Morgan fingerprint density at radius 1 is 0.960 bits per heavy atom. The molecule has 0 saturated carbocycles. The van der Waals surface area contributed by atoms with Crippen molar-refractivity contribution in [1.29, 1.82) is 0 Å². The van der Waals surface area contributed by atoms with Crippen LogP contribution in [0.4, 0.5) is 5.69 Å². The van der Waals surface area contributed by atoms with E-state index in [-0.39, 0.29) is 6.04 Å². The number of methoxy groups -OCH3 is 1. The van der Waals surface area contributed by atoms with E-state index in [1.807, 2.05) is 0 Å². The maximum atomic E-state index is 5.43. The Morgan fingerprint density at radius 2 is 1.72 bits per heavy atom. The second-order valence-electron chi connectivity index (χ2n) is 6.30. The van der Waals surface area contributed by atoms with Gasteiger partial charge in [0.2, 0.25) is 0 Å². The van der Waals surface area contributed by atoms with Crippen molar-refractivity contribution in [1.82, 2.24) is 0 Å². The summed E-state index contributed by atoms with van der Waals surface area (Å²) >= 11 is 2.36. The number of ether oxygens (including phenoxy) is 1. The highest BCUT2D eigenvalue weighted by Crippen LogP contribution is 2.39. The summed E-state index contributed by atoms with van der Waals surface area (Å²) in [6.45, 7) is 1.00. The molecular formula is C22H20INO. The number of anilines is 1. The van der Waals surface area contributed by atoms with Crippen molar-refractivity contribution >= 4 is 28.3 Å². The van der Waals surface area contributed by atoms with Gasteiger partial charge in [-0.1, -0.05) is 36.4 Å². The monoisotopic (exact) mass is 441 g/mol. The van der Waals surface area contributed by atoms with Gasteiger partial charge >= 0.3 is 0 Å². The molecule has 2 nitrogen and oxygen atoms in total. The number of hydrogen-bond acceptors (Lipinski definition) is 2. The Labute approximate surface area is 162 Å². The zero-order valence-electron chi connectivity index (χ0n) is 14.2. The number of para-hydroxylation sites is 1. The highest BCUT2D eigenvalue weighted by atomic mass is 127. The van der Waals surface area contributed by atoms with Gasteiger partial charge in [-0.15, -0.1) is 0 Å². The molecule has 1 aliphatic rings. The molecule has 1 atom stereocenters. The Morgan fingerprint density at radius 3 is 2.44 bits per heavy atom. The van der Waals surface area contributed by atoms with Gasteiger partial charge in [0.25, 0.3) is 0 Å². The van der Waals surface area contributed by atoms with Gasteiger partial charge in [0.1, 0.15) is 5.75 Å². The highest BCUT2D eigenvalue weighted by Gasteiger charge is 2.29. The lowest BCUT2D eigenvalue weighted by Gasteiger charge is -2.39. The van der Waals surface area contributed by atoms with Crippen molar-refractivity contribution in [2.45, 2.75) is 12.5 Å². The number of nitrogens with zero attached hydrogens (tertiary/aromatic N) is 1. The third-order valence-electron chi connectivity index (χ3n) is 4.85. The second-order valence-corrected chi connectivity index (χ2v) is 7.54. The standard InChI is InChI=1S/C22H20INO/c1-25-20-11-12-21-17(15-20)13-14-24(19-5-3-2-4-6-19)22(21)16-7-9-18(23)10-8-16/h2-12,15,22H,13-14H2,1H3. The smallest absolute Gasteiger partial charge is 0.119 e. The Balaban J connectivity index is 1.84. The lowest BCUT2D eigenvalue weighted by molar-refractivity contribution is 0.413. The molecule has 3 aromatic rings. The Kier molecular flexibility index (Phi) is 4.66. The molecule has 3 heteroatoms. The molecule has 0 aliphatic carbocycles. The molecule has 0 N–H and O–H groups in total. The zero-order valence-corrected chi connectivity index (χ0v) is 16.3. The van der Waals surface area contributed by atoms with Gasteiger partial charge in [-0.2, -0.15) is 0 Å². The fourth-order valence-corrected chi connectivity index (χ4v) is 3.99. The molecule has 3 aromatic carbocycles. The van der Waals surface area contributed by atoms with Crippen molar-refractivity contribution in [2.24, 2.45) is 0 Å². The van der Waals surface area contributed by atoms with Crippen LogP contribution in [0, 0.1) is 3.57 Å². The number of rotatable bonds is 3. The average Bonchev–Trinajstić information content (AvgIpc) is 2.68. The van der Waals surface area contributed by atoms with Crippen molar-refractivity contribution in [3.05, 3.63) is 93.1 Å². The van der Waals surface area contributed by atoms with E-state index in [1.165, 1.54) is 25.9 Å². The van der Waals surface area contributed by atoms with Crippen LogP contribution in [0.2, 0.25) is 0 Å². The molecule has 1 unspecified atom stereocenters. The van der Waals surface area contributed by atoms with Gasteiger partial charge in [0.15, 0.2) is 0 Å². The summed E-state index contributed by atoms with van der Waals surface area (Å²) in [5.41, 5.74) is 5.36. The molecule has 0 spiro atoms. The fourth-order valence-electron chi connectivity index (χ4n) is 3.63. The molecule has 25 heavy (non-hydrogen) atoms. The van der Waals surface area contributed by atoms with Gasteiger partial charge in [-0.05, 0) is 82.1 Å². The predicted octanol–water partition coefficient (Wildman–Crippen LogP) is 5.45. The van der Waals surface area contributed by atoms with E-state index in [0.29, 0.717) is 0 Å². The molecule has 0 fully saturated rings. The summed E-state index contributed by atoms with van der Waals surface area (Å²) < 4.78 is 6.70. The minimum absolute atomic E-state index is 0.231. The summed E-state index contributed by atoms with van der Waals surface area (Å²) in [4.78, 5) is 2.51. The Bertz CT molecular complexity index is 861. The summed E-state index contributed by atoms with van der Waals surface area (Å²) in [6, 6.07) is 26.3. The first-order chi connectivity index (χ1) is 12.3. The van der Waals surface area contributed by atoms with Gasteiger partial charge in [-0.3, -0.25) is 0 Å². The highest BCUT2D eigenvalue weighted by molar-refractivity contribution is 14.1. The Hall–Kier alpha value is -2.01. The number of hydrogen-bond donors (Lipinski definition) is 0. The number of halogens is 1. The molecule has 0 saturated heterocycles. The summed E-state index contributed by atoms with van der Waals surface area (Å²) in [5, 5.41) is 0. The van der Waals surface area contributed by atoms with E-state index in [4.69, 9.17) is 4.74 Å².